The molecule has 2 heterocycles. The molecule has 1 aromatic carbocycles. The summed E-state index contributed by atoms with van der Waals surface area (Å²) in [6.07, 6.45) is 2.99. The summed E-state index contributed by atoms with van der Waals surface area (Å²) in [4.78, 5) is 28.9. The molecule has 0 spiro atoms. The number of nitrogens with one attached hydrogen (secondary N) is 2. The minimum absolute atomic E-state index is 0.173. The normalized spacial score (nSPS) is 10.6. The van der Waals surface area contributed by atoms with Gasteiger partial charge in [0.25, 0.3) is 11.8 Å². The molecule has 0 saturated carbocycles. The largest absolute Gasteiger partial charge is 0.467 e. The number of rotatable bonds is 6. The van der Waals surface area contributed by atoms with Crippen molar-refractivity contribution in [3.63, 3.8) is 0 Å². The fourth-order valence-corrected chi connectivity index (χ4v) is 2.68. The Hall–Kier alpha value is -3.41. The molecule has 27 heavy (non-hydrogen) atoms. The van der Waals surface area contributed by atoms with E-state index in [9.17, 15) is 9.59 Å². The predicted molar refractivity (Wildman–Crippen MR) is 103 cm³/mol. The standard InChI is InChI=1S/C21H21N3O3/c1-14(2)17-7-3-4-8-18(17)24-20(25)15-9-10-22-19(12-15)21(26)23-13-16-6-5-11-27-16/h3-12,14H,13H2,1-2H3,(H,23,26)(H,24,25). The maximum Gasteiger partial charge on any atom is 0.270 e. The molecule has 3 aromatic rings. The lowest BCUT2D eigenvalue weighted by atomic mass is 10.0. The topological polar surface area (TPSA) is 84.2 Å². The first kappa shape index (κ1) is 18.4. The van der Waals surface area contributed by atoms with Gasteiger partial charge < -0.3 is 15.1 Å². The molecule has 0 bridgehead atoms. The van der Waals surface area contributed by atoms with Crippen LogP contribution in [0, 0.1) is 0 Å². The highest BCUT2D eigenvalue weighted by molar-refractivity contribution is 6.06. The molecular formula is C21H21N3O3. The Morgan fingerprint density at radius 1 is 1.07 bits per heavy atom. The number of aromatic nitrogens is 1. The molecule has 138 valence electrons. The van der Waals surface area contributed by atoms with E-state index >= 15 is 0 Å². The minimum atomic E-state index is -0.372. The van der Waals surface area contributed by atoms with Gasteiger partial charge in [-0.05, 0) is 41.8 Å². The van der Waals surface area contributed by atoms with Crippen molar-refractivity contribution in [1.29, 1.82) is 0 Å². The van der Waals surface area contributed by atoms with Crippen molar-refractivity contribution >= 4 is 17.5 Å². The summed E-state index contributed by atoms with van der Waals surface area (Å²) in [5.41, 5.74) is 2.35. The quantitative estimate of drug-likeness (QED) is 0.694. The Labute approximate surface area is 157 Å². The zero-order valence-corrected chi connectivity index (χ0v) is 15.2. The number of carbonyl (C=O) groups excluding carboxylic acids is 2. The predicted octanol–water partition coefficient (Wildman–Crippen LogP) is 3.98. The van der Waals surface area contributed by atoms with Gasteiger partial charge in [-0.3, -0.25) is 14.6 Å². The van der Waals surface area contributed by atoms with Crippen LogP contribution in [0.4, 0.5) is 5.69 Å². The Morgan fingerprint density at radius 3 is 2.63 bits per heavy atom. The second-order valence-electron chi connectivity index (χ2n) is 6.39. The molecule has 0 unspecified atom stereocenters. The van der Waals surface area contributed by atoms with E-state index in [1.165, 1.54) is 12.3 Å². The lowest BCUT2D eigenvalue weighted by molar-refractivity contribution is 0.0943. The Kier molecular flexibility index (Phi) is 5.66. The van der Waals surface area contributed by atoms with Crippen LogP contribution in [-0.4, -0.2) is 16.8 Å². The number of amides is 2. The molecule has 0 aliphatic heterocycles. The van der Waals surface area contributed by atoms with Gasteiger partial charge in [-0.25, -0.2) is 0 Å². The van der Waals surface area contributed by atoms with Crippen LogP contribution < -0.4 is 10.6 Å². The zero-order chi connectivity index (χ0) is 19.2. The van der Waals surface area contributed by atoms with E-state index in [-0.39, 0.29) is 30.0 Å². The van der Waals surface area contributed by atoms with E-state index in [2.05, 4.69) is 29.5 Å². The van der Waals surface area contributed by atoms with Crippen LogP contribution in [0.3, 0.4) is 0 Å². The third-order valence-electron chi connectivity index (χ3n) is 4.09. The van der Waals surface area contributed by atoms with Crippen molar-refractivity contribution in [3.05, 3.63) is 83.6 Å². The molecular weight excluding hydrogens is 342 g/mol. The molecule has 3 rings (SSSR count). The minimum Gasteiger partial charge on any atom is -0.467 e. The van der Waals surface area contributed by atoms with Crippen LogP contribution in [0.15, 0.2) is 65.4 Å². The molecule has 0 fully saturated rings. The van der Waals surface area contributed by atoms with Gasteiger partial charge in [0.1, 0.15) is 11.5 Å². The summed E-state index contributed by atoms with van der Waals surface area (Å²) in [6.45, 7) is 4.39. The smallest absolute Gasteiger partial charge is 0.270 e. The van der Waals surface area contributed by atoms with Crippen molar-refractivity contribution in [2.24, 2.45) is 0 Å². The Balaban J connectivity index is 1.71. The SMILES string of the molecule is CC(C)c1ccccc1NC(=O)c1ccnc(C(=O)NCc2ccco2)c1. The van der Waals surface area contributed by atoms with E-state index in [1.54, 1.807) is 24.5 Å². The lowest BCUT2D eigenvalue weighted by Gasteiger charge is -2.13. The molecule has 2 amide bonds. The van der Waals surface area contributed by atoms with Gasteiger partial charge in [-0.15, -0.1) is 0 Å². The second-order valence-corrected chi connectivity index (χ2v) is 6.39. The molecule has 0 saturated heterocycles. The van der Waals surface area contributed by atoms with Gasteiger partial charge in [0.05, 0.1) is 12.8 Å². The van der Waals surface area contributed by atoms with Crippen molar-refractivity contribution in [1.82, 2.24) is 10.3 Å². The first-order chi connectivity index (χ1) is 13.0. The van der Waals surface area contributed by atoms with Gasteiger partial charge >= 0.3 is 0 Å². The van der Waals surface area contributed by atoms with Gasteiger partial charge in [-0.2, -0.15) is 0 Å². The Bertz CT molecular complexity index is 933. The molecule has 0 atom stereocenters. The number of hydrogen-bond donors (Lipinski definition) is 2. The third kappa shape index (κ3) is 4.61. The molecule has 0 radical (unpaired) electrons. The summed E-state index contributed by atoms with van der Waals surface area (Å²) in [7, 11) is 0. The fourth-order valence-electron chi connectivity index (χ4n) is 2.68. The lowest BCUT2D eigenvalue weighted by Crippen LogP contribution is -2.24. The Morgan fingerprint density at radius 2 is 1.89 bits per heavy atom. The summed E-state index contributed by atoms with van der Waals surface area (Å²) in [5, 5.41) is 5.63. The monoisotopic (exact) mass is 363 g/mol. The fraction of sp³-hybridized carbons (Fsp3) is 0.190. The summed E-state index contributed by atoms with van der Waals surface area (Å²) in [6, 6.07) is 14.2. The van der Waals surface area contributed by atoms with Gasteiger partial charge in [0, 0.05) is 17.4 Å². The maximum atomic E-state index is 12.6. The van der Waals surface area contributed by atoms with E-state index in [4.69, 9.17) is 4.42 Å². The average Bonchev–Trinajstić information content (AvgIpc) is 3.20. The van der Waals surface area contributed by atoms with Gasteiger partial charge in [0.2, 0.25) is 0 Å². The number of anilines is 1. The van der Waals surface area contributed by atoms with Crippen molar-refractivity contribution in [3.8, 4) is 0 Å². The van der Waals surface area contributed by atoms with E-state index in [0.717, 1.165) is 11.3 Å². The van der Waals surface area contributed by atoms with Crippen LogP contribution in [0.2, 0.25) is 0 Å². The summed E-state index contributed by atoms with van der Waals surface area (Å²) < 4.78 is 5.18. The highest BCUT2D eigenvalue weighted by atomic mass is 16.3. The van der Waals surface area contributed by atoms with Gasteiger partial charge in [0.15, 0.2) is 0 Å². The average molecular weight is 363 g/mol. The van der Waals surface area contributed by atoms with Gasteiger partial charge in [-0.1, -0.05) is 32.0 Å². The molecule has 2 aromatic heterocycles. The number of furan rings is 1. The van der Waals surface area contributed by atoms with E-state index in [1.807, 2.05) is 24.3 Å². The highest BCUT2D eigenvalue weighted by Crippen LogP contribution is 2.24. The second kappa shape index (κ2) is 8.31. The molecule has 2 N–H and O–H groups in total. The van der Waals surface area contributed by atoms with Crippen molar-refractivity contribution in [2.75, 3.05) is 5.32 Å². The van der Waals surface area contributed by atoms with Crippen LogP contribution in [0.5, 0.6) is 0 Å². The molecule has 0 aliphatic carbocycles. The number of carbonyl (C=O) groups is 2. The van der Waals surface area contributed by atoms with Crippen LogP contribution in [0.25, 0.3) is 0 Å². The zero-order valence-electron chi connectivity index (χ0n) is 15.2. The first-order valence-corrected chi connectivity index (χ1v) is 8.71. The number of nitrogens with zero attached hydrogens (tertiary/aromatic N) is 1. The van der Waals surface area contributed by atoms with Crippen molar-refractivity contribution in [2.45, 2.75) is 26.3 Å². The molecule has 0 aliphatic rings. The van der Waals surface area contributed by atoms with Crippen LogP contribution >= 0.6 is 0 Å². The van der Waals surface area contributed by atoms with Crippen LogP contribution in [0.1, 0.15) is 51.9 Å². The maximum absolute atomic E-state index is 12.6. The number of pyridine rings is 1. The highest BCUT2D eigenvalue weighted by Gasteiger charge is 2.14. The summed E-state index contributed by atoms with van der Waals surface area (Å²) in [5.74, 6) is 0.263. The van der Waals surface area contributed by atoms with E-state index in [0.29, 0.717) is 11.3 Å². The molecule has 6 heteroatoms. The number of benzene rings is 1. The number of para-hydroxylation sites is 1. The third-order valence-corrected chi connectivity index (χ3v) is 4.09. The molecule has 6 nitrogen and oxygen atoms in total. The van der Waals surface area contributed by atoms with E-state index < -0.39 is 0 Å². The van der Waals surface area contributed by atoms with Crippen LogP contribution in [-0.2, 0) is 6.54 Å². The summed E-state index contributed by atoms with van der Waals surface area (Å²) >= 11 is 0. The number of hydrogen-bond acceptors (Lipinski definition) is 4. The first-order valence-electron chi connectivity index (χ1n) is 8.71. The van der Waals surface area contributed by atoms with Crippen molar-refractivity contribution < 1.29 is 14.0 Å².